The zero-order chi connectivity index (χ0) is 9.26. The first-order valence-electron chi connectivity index (χ1n) is 4.35. The van der Waals surface area contributed by atoms with Gasteiger partial charge in [0.25, 0.3) is 0 Å². The highest BCUT2D eigenvalue weighted by Crippen LogP contribution is 2.22. The first kappa shape index (κ1) is 8.26. The van der Waals surface area contributed by atoms with E-state index < -0.39 is 0 Å². The molecule has 3 heteroatoms. The second-order valence-electron chi connectivity index (χ2n) is 3.25. The van der Waals surface area contributed by atoms with E-state index in [4.69, 9.17) is 0 Å². The predicted molar refractivity (Wildman–Crippen MR) is 54.3 cm³/mol. The van der Waals surface area contributed by atoms with E-state index in [0.29, 0.717) is 0 Å². The maximum absolute atomic E-state index is 4.35. The highest BCUT2D eigenvalue weighted by molar-refractivity contribution is 5.66. The highest BCUT2D eigenvalue weighted by atomic mass is 15.6. The van der Waals surface area contributed by atoms with Crippen molar-refractivity contribution in [2.45, 2.75) is 0 Å². The monoisotopic (exact) mass is 175 g/mol. The Morgan fingerprint density at radius 3 is 3.08 bits per heavy atom. The van der Waals surface area contributed by atoms with E-state index in [1.807, 2.05) is 26.4 Å². The second kappa shape index (κ2) is 3.18. The van der Waals surface area contributed by atoms with Crippen molar-refractivity contribution in [3.8, 4) is 0 Å². The Hall–Kier alpha value is -1.35. The molecular formula is C10H13N3. The van der Waals surface area contributed by atoms with Gasteiger partial charge >= 0.3 is 0 Å². The summed E-state index contributed by atoms with van der Waals surface area (Å²) in [7, 11) is 4.05. The van der Waals surface area contributed by atoms with E-state index in [1.54, 1.807) is 0 Å². The molecule has 1 aromatic rings. The van der Waals surface area contributed by atoms with Gasteiger partial charge < -0.3 is 0 Å². The zero-order valence-corrected chi connectivity index (χ0v) is 7.94. The van der Waals surface area contributed by atoms with Gasteiger partial charge in [-0.25, -0.2) is 9.99 Å². The smallest absolute Gasteiger partial charge is 0.150 e. The Balaban J connectivity index is 2.43. The van der Waals surface area contributed by atoms with Crippen LogP contribution >= 0.6 is 0 Å². The number of fused-ring (bicyclic) bond motifs is 1. The van der Waals surface area contributed by atoms with Gasteiger partial charge in [-0.3, -0.25) is 5.01 Å². The number of hydrazine groups is 1. The molecular weight excluding hydrogens is 162 g/mol. The molecule has 0 atom stereocenters. The molecule has 0 aliphatic carbocycles. The maximum atomic E-state index is 4.35. The van der Waals surface area contributed by atoms with E-state index in [0.717, 1.165) is 12.4 Å². The average molecular weight is 175 g/mol. The minimum atomic E-state index is 0.900. The third kappa shape index (κ3) is 1.42. The molecule has 2 rings (SSSR count). The fraction of sp³-hybridized carbons (Fsp3) is 0.300. The second-order valence-corrected chi connectivity index (χ2v) is 3.25. The van der Waals surface area contributed by atoms with Crippen LogP contribution in [0.1, 0.15) is 5.56 Å². The molecule has 0 aromatic carbocycles. The van der Waals surface area contributed by atoms with Crippen molar-refractivity contribution in [1.82, 2.24) is 9.99 Å². The summed E-state index contributed by atoms with van der Waals surface area (Å²) >= 11 is 0. The van der Waals surface area contributed by atoms with Gasteiger partial charge in [-0.1, -0.05) is 12.2 Å². The van der Waals surface area contributed by atoms with Crippen LogP contribution in [0.2, 0.25) is 0 Å². The molecule has 1 aliphatic rings. The molecule has 0 fully saturated rings. The lowest BCUT2D eigenvalue weighted by molar-refractivity contribution is 0.378. The number of anilines is 1. The number of pyridine rings is 1. The third-order valence-corrected chi connectivity index (χ3v) is 2.12. The summed E-state index contributed by atoms with van der Waals surface area (Å²) in [5.41, 5.74) is 1.18. The number of aromatic nitrogens is 1. The molecule has 0 unspecified atom stereocenters. The molecule has 68 valence electrons. The fourth-order valence-electron chi connectivity index (χ4n) is 1.47. The molecule has 3 nitrogen and oxygen atoms in total. The normalized spacial score (nSPS) is 14.8. The Morgan fingerprint density at radius 2 is 2.31 bits per heavy atom. The standard InChI is InChI=1S/C10H13N3/c1-12(2)13-8-4-6-9-5-3-7-11-10(9)13/h3-7H,8H2,1-2H3. The molecule has 2 heterocycles. The van der Waals surface area contributed by atoms with Crippen LogP contribution < -0.4 is 5.01 Å². The summed E-state index contributed by atoms with van der Waals surface area (Å²) < 4.78 is 0. The topological polar surface area (TPSA) is 19.4 Å². The minimum absolute atomic E-state index is 0.900. The Bertz CT molecular complexity index is 331. The molecule has 0 saturated heterocycles. The van der Waals surface area contributed by atoms with Gasteiger partial charge in [0, 0.05) is 25.9 Å². The molecule has 0 amide bonds. The van der Waals surface area contributed by atoms with E-state index >= 15 is 0 Å². The van der Waals surface area contributed by atoms with Gasteiger partial charge in [-0.05, 0) is 12.1 Å². The summed E-state index contributed by atoms with van der Waals surface area (Å²) in [6, 6.07) is 4.04. The van der Waals surface area contributed by atoms with Crippen molar-refractivity contribution in [1.29, 1.82) is 0 Å². The molecule has 1 aromatic heterocycles. The van der Waals surface area contributed by atoms with E-state index in [1.165, 1.54) is 5.56 Å². The summed E-state index contributed by atoms with van der Waals surface area (Å²) in [5.74, 6) is 1.04. The van der Waals surface area contributed by atoms with Gasteiger partial charge in [-0.2, -0.15) is 0 Å². The van der Waals surface area contributed by atoms with Crippen molar-refractivity contribution >= 4 is 11.9 Å². The Labute approximate surface area is 78.3 Å². The first-order valence-corrected chi connectivity index (χ1v) is 4.35. The van der Waals surface area contributed by atoms with Crippen molar-refractivity contribution in [3.63, 3.8) is 0 Å². The summed E-state index contributed by atoms with van der Waals surface area (Å²) in [6.07, 6.45) is 6.08. The Morgan fingerprint density at radius 1 is 1.46 bits per heavy atom. The van der Waals surface area contributed by atoms with Gasteiger partial charge in [0.05, 0.1) is 6.54 Å². The number of nitrogens with zero attached hydrogens (tertiary/aromatic N) is 3. The maximum Gasteiger partial charge on any atom is 0.150 e. The predicted octanol–water partition coefficient (Wildman–Crippen LogP) is 1.39. The lowest BCUT2D eigenvalue weighted by Crippen LogP contribution is -2.39. The van der Waals surface area contributed by atoms with E-state index in [2.05, 4.69) is 33.2 Å². The van der Waals surface area contributed by atoms with Crippen molar-refractivity contribution in [2.75, 3.05) is 25.6 Å². The summed E-state index contributed by atoms with van der Waals surface area (Å²) in [4.78, 5) is 4.35. The van der Waals surface area contributed by atoms with Gasteiger partial charge in [0.15, 0.2) is 0 Å². The molecule has 13 heavy (non-hydrogen) atoms. The van der Waals surface area contributed by atoms with Gasteiger partial charge in [-0.15, -0.1) is 0 Å². The third-order valence-electron chi connectivity index (χ3n) is 2.12. The fourth-order valence-corrected chi connectivity index (χ4v) is 1.47. The average Bonchev–Trinajstić information content (AvgIpc) is 2.17. The molecule has 0 saturated carbocycles. The van der Waals surface area contributed by atoms with E-state index in [-0.39, 0.29) is 0 Å². The molecule has 0 N–H and O–H groups in total. The summed E-state index contributed by atoms with van der Waals surface area (Å²) in [6.45, 7) is 0.900. The lowest BCUT2D eigenvalue weighted by Gasteiger charge is -2.31. The van der Waals surface area contributed by atoms with Crippen LogP contribution in [0.3, 0.4) is 0 Å². The molecule has 1 aliphatic heterocycles. The van der Waals surface area contributed by atoms with Crippen LogP contribution in [-0.4, -0.2) is 30.6 Å². The van der Waals surface area contributed by atoms with E-state index in [9.17, 15) is 0 Å². The van der Waals surface area contributed by atoms with Crippen molar-refractivity contribution in [2.24, 2.45) is 0 Å². The zero-order valence-electron chi connectivity index (χ0n) is 7.94. The van der Waals surface area contributed by atoms with Crippen LogP contribution in [0.4, 0.5) is 5.82 Å². The van der Waals surface area contributed by atoms with Gasteiger partial charge in [0.2, 0.25) is 0 Å². The van der Waals surface area contributed by atoms with Crippen LogP contribution in [0.15, 0.2) is 24.4 Å². The number of hydrogen-bond acceptors (Lipinski definition) is 3. The van der Waals surface area contributed by atoms with Gasteiger partial charge in [0.1, 0.15) is 5.82 Å². The largest absolute Gasteiger partial charge is 0.286 e. The van der Waals surface area contributed by atoms with Crippen LogP contribution in [0.5, 0.6) is 0 Å². The highest BCUT2D eigenvalue weighted by Gasteiger charge is 2.14. The minimum Gasteiger partial charge on any atom is -0.286 e. The van der Waals surface area contributed by atoms with Crippen molar-refractivity contribution in [3.05, 3.63) is 30.0 Å². The lowest BCUT2D eigenvalue weighted by atomic mass is 10.2. The first-order chi connectivity index (χ1) is 6.29. The van der Waals surface area contributed by atoms with Crippen molar-refractivity contribution < 1.29 is 0 Å². The molecule has 0 spiro atoms. The summed E-state index contributed by atoms with van der Waals surface area (Å²) in [5, 5.41) is 4.19. The quantitative estimate of drug-likeness (QED) is 0.643. The van der Waals surface area contributed by atoms with Crippen LogP contribution in [-0.2, 0) is 0 Å². The number of hydrogen-bond donors (Lipinski definition) is 0. The molecule has 0 radical (unpaired) electrons. The van der Waals surface area contributed by atoms with Crippen LogP contribution in [0.25, 0.3) is 6.08 Å². The number of rotatable bonds is 1. The van der Waals surface area contributed by atoms with Crippen LogP contribution in [0, 0.1) is 0 Å². The molecule has 0 bridgehead atoms. The SMILES string of the molecule is CN(C)N1CC=Cc2cccnc21. The Kier molecular flexibility index (Phi) is 2.02.